The Bertz CT molecular complexity index is 755. The molecule has 0 fully saturated rings. The van der Waals surface area contributed by atoms with Crippen molar-refractivity contribution in [2.24, 2.45) is 0 Å². The van der Waals surface area contributed by atoms with E-state index < -0.39 is 5.91 Å². The lowest BCUT2D eigenvalue weighted by atomic mass is 10.1. The van der Waals surface area contributed by atoms with Gasteiger partial charge in [-0.05, 0) is 43.2 Å². The second-order valence-corrected chi connectivity index (χ2v) is 5.78. The standard InChI is InChI=1S/C18H19ClN2O3/c1-11-5-4-6-12(2)17(11)21-16(22)10-20-18(23)14-9-13(19)7-8-15(14)24-3/h4-9H,10H2,1-3H3,(H,20,23)(H,21,22). The molecule has 0 spiro atoms. The number of anilines is 1. The Hall–Kier alpha value is -2.53. The molecule has 0 saturated heterocycles. The zero-order valence-electron chi connectivity index (χ0n) is 13.8. The summed E-state index contributed by atoms with van der Waals surface area (Å²) >= 11 is 5.91. The molecule has 0 saturated carbocycles. The molecule has 0 radical (unpaired) electrons. The average molecular weight is 347 g/mol. The van der Waals surface area contributed by atoms with Crippen molar-refractivity contribution in [1.29, 1.82) is 0 Å². The van der Waals surface area contributed by atoms with E-state index >= 15 is 0 Å². The predicted molar refractivity (Wildman–Crippen MR) is 94.9 cm³/mol. The van der Waals surface area contributed by atoms with Crippen molar-refractivity contribution in [1.82, 2.24) is 5.32 Å². The summed E-state index contributed by atoms with van der Waals surface area (Å²) in [5.74, 6) is -0.334. The molecule has 0 aromatic heterocycles. The Morgan fingerprint density at radius 2 is 1.79 bits per heavy atom. The van der Waals surface area contributed by atoms with E-state index in [1.165, 1.54) is 13.2 Å². The molecule has 0 bridgehead atoms. The lowest BCUT2D eigenvalue weighted by molar-refractivity contribution is -0.115. The Morgan fingerprint density at radius 1 is 1.12 bits per heavy atom. The Morgan fingerprint density at radius 3 is 2.42 bits per heavy atom. The van der Waals surface area contributed by atoms with E-state index in [1.54, 1.807) is 12.1 Å². The van der Waals surface area contributed by atoms with Crippen LogP contribution in [0.5, 0.6) is 5.75 Å². The first-order valence-corrected chi connectivity index (χ1v) is 7.78. The highest BCUT2D eigenvalue weighted by molar-refractivity contribution is 6.31. The second kappa shape index (κ2) is 7.84. The number of aryl methyl sites for hydroxylation is 2. The van der Waals surface area contributed by atoms with Gasteiger partial charge in [-0.1, -0.05) is 29.8 Å². The molecule has 6 heteroatoms. The molecule has 0 heterocycles. The number of amides is 2. The van der Waals surface area contributed by atoms with Gasteiger partial charge in [0, 0.05) is 10.7 Å². The third-order valence-electron chi connectivity index (χ3n) is 3.56. The number of hydrogen-bond acceptors (Lipinski definition) is 3. The van der Waals surface area contributed by atoms with Crippen molar-refractivity contribution in [3.8, 4) is 5.75 Å². The lowest BCUT2D eigenvalue weighted by Crippen LogP contribution is -2.33. The molecule has 5 nitrogen and oxygen atoms in total. The molecule has 0 atom stereocenters. The molecule has 2 aromatic carbocycles. The largest absolute Gasteiger partial charge is 0.496 e. The minimum atomic E-state index is -0.425. The SMILES string of the molecule is COc1ccc(Cl)cc1C(=O)NCC(=O)Nc1c(C)cccc1C. The van der Waals surface area contributed by atoms with Gasteiger partial charge < -0.3 is 15.4 Å². The van der Waals surface area contributed by atoms with E-state index in [2.05, 4.69) is 10.6 Å². The van der Waals surface area contributed by atoms with E-state index in [-0.39, 0.29) is 18.0 Å². The van der Waals surface area contributed by atoms with Crippen LogP contribution in [0.25, 0.3) is 0 Å². The first kappa shape index (κ1) is 17.8. The highest BCUT2D eigenvalue weighted by atomic mass is 35.5. The van der Waals surface area contributed by atoms with E-state index in [0.717, 1.165) is 16.8 Å². The summed E-state index contributed by atoms with van der Waals surface area (Å²) in [4.78, 5) is 24.3. The number of halogens is 1. The van der Waals surface area contributed by atoms with Gasteiger partial charge in [-0.15, -0.1) is 0 Å². The average Bonchev–Trinajstić information content (AvgIpc) is 2.56. The fraction of sp³-hybridized carbons (Fsp3) is 0.222. The van der Waals surface area contributed by atoms with Crippen LogP contribution < -0.4 is 15.4 Å². The molecule has 0 aliphatic carbocycles. The number of hydrogen-bond donors (Lipinski definition) is 2. The van der Waals surface area contributed by atoms with Crippen molar-refractivity contribution in [2.45, 2.75) is 13.8 Å². The number of carbonyl (C=O) groups is 2. The number of para-hydroxylation sites is 1. The zero-order valence-corrected chi connectivity index (χ0v) is 14.5. The first-order valence-electron chi connectivity index (χ1n) is 7.40. The smallest absolute Gasteiger partial charge is 0.255 e. The summed E-state index contributed by atoms with van der Waals surface area (Å²) < 4.78 is 5.14. The number of nitrogens with one attached hydrogen (secondary N) is 2. The van der Waals surface area contributed by atoms with E-state index in [9.17, 15) is 9.59 Å². The molecule has 0 aliphatic heterocycles. The van der Waals surface area contributed by atoms with Crippen LogP contribution in [0, 0.1) is 13.8 Å². The minimum Gasteiger partial charge on any atom is -0.496 e. The predicted octanol–water partition coefficient (Wildman–Crippen LogP) is 3.33. The van der Waals surface area contributed by atoms with Gasteiger partial charge in [0.25, 0.3) is 5.91 Å². The fourth-order valence-electron chi connectivity index (χ4n) is 2.31. The van der Waals surface area contributed by atoms with Crippen LogP contribution in [0.4, 0.5) is 5.69 Å². The van der Waals surface area contributed by atoms with Crippen LogP contribution in [0.1, 0.15) is 21.5 Å². The van der Waals surface area contributed by atoms with Crippen molar-refractivity contribution >= 4 is 29.1 Å². The summed E-state index contributed by atoms with van der Waals surface area (Å²) in [5, 5.41) is 5.80. The summed E-state index contributed by atoms with van der Waals surface area (Å²) in [6.07, 6.45) is 0. The number of benzene rings is 2. The number of methoxy groups -OCH3 is 1. The zero-order chi connectivity index (χ0) is 17.7. The number of rotatable bonds is 5. The number of carbonyl (C=O) groups excluding carboxylic acids is 2. The maximum atomic E-state index is 12.2. The highest BCUT2D eigenvalue weighted by Crippen LogP contribution is 2.22. The fourth-order valence-corrected chi connectivity index (χ4v) is 2.48. The van der Waals surface area contributed by atoms with Gasteiger partial charge in [-0.3, -0.25) is 9.59 Å². The van der Waals surface area contributed by atoms with Crippen LogP contribution in [-0.4, -0.2) is 25.5 Å². The van der Waals surface area contributed by atoms with Crippen LogP contribution in [-0.2, 0) is 4.79 Å². The Balaban J connectivity index is 2.02. The van der Waals surface area contributed by atoms with Crippen molar-refractivity contribution < 1.29 is 14.3 Å². The topological polar surface area (TPSA) is 67.4 Å². The van der Waals surface area contributed by atoms with Crippen LogP contribution in [0.3, 0.4) is 0 Å². The first-order chi connectivity index (χ1) is 11.4. The molecule has 2 amide bonds. The normalized spacial score (nSPS) is 10.2. The molecule has 2 N–H and O–H groups in total. The second-order valence-electron chi connectivity index (χ2n) is 5.34. The monoisotopic (exact) mass is 346 g/mol. The third-order valence-corrected chi connectivity index (χ3v) is 3.80. The highest BCUT2D eigenvalue weighted by Gasteiger charge is 2.14. The van der Waals surface area contributed by atoms with E-state index in [0.29, 0.717) is 10.8 Å². The van der Waals surface area contributed by atoms with Gasteiger partial charge in [0.1, 0.15) is 5.75 Å². The maximum absolute atomic E-state index is 12.2. The Labute approximate surface area is 146 Å². The molecule has 2 rings (SSSR count). The summed E-state index contributed by atoms with van der Waals surface area (Å²) in [6.45, 7) is 3.68. The molecule has 126 valence electrons. The van der Waals surface area contributed by atoms with Gasteiger partial charge in [-0.25, -0.2) is 0 Å². The van der Waals surface area contributed by atoms with Crippen molar-refractivity contribution in [3.63, 3.8) is 0 Å². The molecule has 24 heavy (non-hydrogen) atoms. The number of ether oxygens (including phenoxy) is 1. The molecule has 0 unspecified atom stereocenters. The molecular formula is C18H19ClN2O3. The quantitative estimate of drug-likeness (QED) is 0.872. The van der Waals surface area contributed by atoms with E-state index in [4.69, 9.17) is 16.3 Å². The minimum absolute atomic E-state index is 0.151. The molecule has 2 aromatic rings. The molecule has 0 aliphatic rings. The Kier molecular flexibility index (Phi) is 5.82. The summed E-state index contributed by atoms with van der Waals surface area (Å²) in [6, 6.07) is 10.5. The van der Waals surface area contributed by atoms with Gasteiger partial charge in [-0.2, -0.15) is 0 Å². The van der Waals surface area contributed by atoms with Crippen molar-refractivity contribution in [2.75, 3.05) is 19.0 Å². The van der Waals surface area contributed by atoms with Crippen LogP contribution >= 0.6 is 11.6 Å². The van der Waals surface area contributed by atoms with Crippen molar-refractivity contribution in [3.05, 3.63) is 58.1 Å². The van der Waals surface area contributed by atoms with E-state index in [1.807, 2.05) is 32.0 Å². The van der Waals surface area contributed by atoms with Gasteiger partial charge >= 0.3 is 0 Å². The summed E-state index contributed by atoms with van der Waals surface area (Å²) in [7, 11) is 1.47. The van der Waals surface area contributed by atoms with Gasteiger partial charge in [0.2, 0.25) is 5.91 Å². The van der Waals surface area contributed by atoms with Gasteiger partial charge in [0.15, 0.2) is 0 Å². The summed E-state index contributed by atoms with van der Waals surface area (Å²) in [5.41, 5.74) is 2.97. The van der Waals surface area contributed by atoms with Crippen LogP contribution in [0.15, 0.2) is 36.4 Å². The van der Waals surface area contributed by atoms with Gasteiger partial charge in [0.05, 0.1) is 19.2 Å². The lowest BCUT2D eigenvalue weighted by Gasteiger charge is -2.13. The third kappa shape index (κ3) is 4.26. The maximum Gasteiger partial charge on any atom is 0.255 e. The molecular weight excluding hydrogens is 328 g/mol. The van der Waals surface area contributed by atoms with Crippen LogP contribution in [0.2, 0.25) is 5.02 Å².